The van der Waals surface area contributed by atoms with Crippen LogP contribution < -0.4 is 5.73 Å². The van der Waals surface area contributed by atoms with Gasteiger partial charge in [-0.1, -0.05) is 11.6 Å². The lowest BCUT2D eigenvalue weighted by Gasteiger charge is -2.17. The molecule has 1 rings (SSSR count). The standard InChI is InChI=1S/C8H11Cl2N3O2/c9-2-1-4(14)7(15)6-8(11)12-3-5(10)13-6/h3-4,7,14-15H,1-2H2,(H2,11,12). The number of hydrogen-bond acceptors (Lipinski definition) is 5. The van der Waals surface area contributed by atoms with Crippen LogP contribution in [0.15, 0.2) is 6.20 Å². The summed E-state index contributed by atoms with van der Waals surface area (Å²) in [4.78, 5) is 7.52. The van der Waals surface area contributed by atoms with Crippen LogP contribution in [0.25, 0.3) is 0 Å². The molecular formula is C8H11Cl2N3O2. The van der Waals surface area contributed by atoms with Crippen LogP contribution >= 0.6 is 23.2 Å². The number of rotatable bonds is 4. The molecule has 84 valence electrons. The first-order valence-electron chi connectivity index (χ1n) is 4.26. The fourth-order valence-electron chi connectivity index (χ4n) is 1.06. The third kappa shape index (κ3) is 3.17. The highest BCUT2D eigenvalue weighted by Gasteiger charge is 2.22. The van der Waals surface area contributed by atoms with E-state index >= 15 is 0 Å². The number of nitrogen functional groups attached to an aromatic ring is 1. The van der Waals surface area contributed by atoms with E-state index in [1.54, 1.807) is 0 Å². The zero-order chi connectivity index (χ0) is 11.4. The van der Waals surface area contributed by atoms with E-state index < -0.39 is 12.2 Å². The van der Waals surface area contributed by atoms with E-state index in [4.69, 9.17) is 28.9 Å². The maximum atomic E-state index is 9.68. The van der Waals surface area contributed by atoms with Gasteiger partial charge in [0.05, 0.1) is 12.3 Å². The van der Waals surface area contributed by atoms with Crippen LogP contribution in [0, 0.1) is 0 Å². The maximum absolute atomic E-state index is 9.68. The fraction of sp³-hybridized carbons (Fsp3) is 0.500. The van der Waals surface area contributed by atoms with Crippen molar-refractivity contribution in [2.24, 2.45) is 0 Å². The van der Waals surface area contributed by atoms with Crippen molar-refractivity contribution in [2.45, 2.75) is 18.6 Å². The molecule has 1 aromatic heterocycles. The molecule has 7 heteroatoms. The summed E-state index contributed by atoms with van der Waals surface area (Å²) in [6, 6.07) is 0. The lowest BCUT2D eigenvalue weighted by Crippen LogP contribution is -2.21. The lowest BCUT2D eigenvalue weighted by atomic mass is 10.1. The predicted molar refractivity (Wildman–Crippen MR) is 57.8 cm³/mol. The number of aliphatic hydroxyl groups excluding tert-OH is 2. The van der Waals surface area contributed by atoms with Crippen molar-refractivity contribution in [3.8, 4) is 0 Å². The predicted octanol–water partition coefficient (Wildman–Crippen LogP) is 0.735. The van der Waals surface area contributed by atoms with Crippen molar-refractivity contribution in [2.75, 3.05) is 11.6 Å². The Labute approximate surface area is 96.9 Å². The average molecular weight is 252 g/mol. The number of halogens is 2. The Kier molecular flexibility index (Phi) is 4.53. The van der Waals surface area contributed by atoms with E-state index in [1.165, 1.54) is 6.20 Å². The zero-order valence-corrected chi connectivity index (χ0v) is 9.28. The van der Waals surface area contributed by atoms with Crippen LogP contribution in [-0.2, 0) is 0 Å². The van der Waals surface area contributed by atoms with Crippen LogP contribution in [0.4, 0.5) is 5.82 Å². The molecule has 0 bridgehead atoms. The van der Waals surface area contributed by atoms with Crippen molar-refractivity contribution < 1.29 is 10.2 Å². The molecule has 2 atom stereocenters. The number of aromatic nitrogens is 2. The van der Waals surface area contributed by atoms with Crippen LogP contribution in [0.2, 0.25) is 5.15 Å². The first-order valence-corrected chi connectivity index (χ1v) is 5.17. The first-order chi connectivity index (χ1) is 7.06. The van der Waals surface area contributed by atoms with Crippen LogP contribution in [0.1, 0.15) is 18.2 Å². The highest BCUT2D eigenvalue weighted by molar-refractivity contribution is 6.29. The molecule has 15 heavy (non-hydrogen) atoms. The Morgan fingerprint density at radius 1 is 1.47 bits per heavy atom. The SMILES string of the molecule is Nc1ncc(Cl)nc1C(O)C(O)CCCl. The second-order valence-electron chi connectivity index (χ2n) is 2.95. The quantitative estimate of drug-likeness (QED) is 0.687. The van der Waals surface area contributed by atoms with Gasteiger partial charge in [0.2, 0.25) is 0 Å². The van der Waals surface area contributed by atoms with E-state index in [0.717, 1.165) is 0 Å². The third-order valence-electron chi connectivity index (χ3n) is 1.85. The molecule has 0 spiro atoms. The number of nitrogens with two attached hydrogens (primary N) is 1. The Balaban J connectivity index is 2.89. The summed E-state index contributed by atoms with van der Waals surface area (Å²) in [7, 11) is 0. The van der Waals surface area contributed by atoms with Crippen molar-refractivity contribution in [3.63, 3.8) is 0 Å². The van der Waals surface area contributed by atoms with Crippen LogP contribution in [0.3, 0.4) is 0 Å². The largest absolute Gasteiger partial charge is 0.390 e. The normalized spacial score (nSPS) is 14.9. The molecule has 0 aromatic carbocycles. The summed E-state index contributed by atoms with van der Waals surface area (Å²) in [5.74, 6) is 0.270. The number of nitrogens with zero attached hydrogens (tertiary/aromatic N) is 2. The summed E-state index contributed by atoms with van der Waals surface area (Å²) in [5.41, 5.74) is 5.56. The van der Waals surface area contributed by atoms with Crippen molar-refractivity contribution >= 4 is 29.0 Å². The van der Waals surface area contributed by atoms with Gasteiger partial charge in [0, 0.05) is 5.88 Å². The molecule has 0 aliphatic carbocycles. The van der Waals surface area contributed by atoms with E-state index in [0.29, 0.717) is 0 Å². The Hall–Kier alpha value is -0.620. The number of aliphatic hydroxyl groups is 2. The zero-order valence-electron chi connectivity index (χ0n) is 7.77. The molecular weight excluding hydrogens is 241 g/mol. The van der Waals surface area contributed by atoms with E-state index in [-0.39, 0.29) is 29.0 Å². The molecule has 0 aliphatic rings. The van der Waals surface area contributed by atoms with Gasteiger partial charge in [-0.05, 0) is 6.42 Å². The summed E-state index contributed by atoms with van der Waals surface area (Å²) in [5, 5.41) is 19.3. The van der Waals surface area contributed by atoms with E-state index in [9.17, 15) is 10.2 Å². The van der Waals surface area contributed by atoms with Gasteiger partial charge in [0.15, 0.2) is 0 Å². The summed E-state index contributed by atoms with van der Waals surface area (Å²) in [6.45, 7) is 0. The van der Waals surface area contributed by atoms with Crippen LogP contribution in [-0.4, -0.2) is 32.2 Å². The number of hydrogen-bond donors (Lipinski definition) is 3. The van der Waals surface area contributed by atoms with Crippen LogP contribution in [0.5, 0.6) is 0 Å². The minimum atomic E-state index is -1.23. The maximum Gasteiger partial charge on any atom is 0.148 e. The topological polar surface area (TPSA) is 92.3 Å². The molecule has 1 heterocycles. The molecule has 1 aromatic rings. The smallest absolute Gasteiger partial charge is 0.148 e. The van der Waals surface area contributed by atoms with E-state index in [2.05, 4.69) is 9.97 Å². The highest BCUT2D eigenvalue weighted by Crippen LogP contribution is 2.22. The number of anilines is 1. The summed E-state index contributed by atoms with van der Waals surface area (Å²) >= 11 is 11.0. The highest BCUT2D eigenvalue weighted by atomic mass is 35.5. The van der Waals surface area contributed by atoms with E-state index in [1.807, 2.05) is 0 Å². The molecule has 0 radical (unpaired) electrons. The van der Waals surface area contributed by atoms with Gasteiger partial charge < -0.3 is 15.9 Å². The average Bonchev–Trinajstić information content (AvgIpc) is 2.21. The Bertz CT molecular complexity index is 338. The molecule has 2 unspecified atom stereocenters. The molecule has 0 saturated carbocycles. The van der Waals surface area contributed by atoms with Gasteiger partial charge >= 0.3 is 0 Å². The monoisotopic (exact) mass is 251 g/mol. The molecule has 5 nitrogen and oxygen atoms in total. The molecule has 0 amide bonds. The van der Waals surface area contributed by atoms with Gasteiger partial charge in [-0.15, -0.1) is 11.6 Å². The van der Waals surface area contributed by atoms with Crippen molar-refractivity contribution in [1.82, 2.24) is 9.97 Å². The number of alkyl halides is 1. The molecule has 0 fully saturated rings. The minimum absolute atomic E-state index is 0.0422. The first kappa shape index (κ1) is 12.4. The molecule has 0 saturated heterocycles. The van der Waals surface area contributed by atoms with Gasteiger partial charge in [0.25, 0.3) is 0 Å². The second-order valence-corrected chi connectivity index (χ2v) is 3.72. The van der Waals surface area contributed by atoms with Gasteiger partial charge in [-0.2, -0.15) is 0 Å². The van der Waals surface area contributed by atoms with Crippen molar-refractivity contribution in [3.05, 3.63) is 17.0 Å². The Morgan fingerprint density at radius 3 is 2.73 bits per heavy atom. The van der Waals surface area contributed by atoms with Gasteiger partial charge in [-0.25, -0.2) is 9.97 Å². The van der Waals surface area contributed by atoms with Gasteiger partial charge in [0.1, 0.15) is 22.8 Å². The molecule has 4 N–H and O–H groups in total. The lowest BCUT2D eigenvalue weighted by molar-refractivity contribution is 0.0147. The molecule has 0 aliphatic heterocycles. The summed E-state index contributed by atoms with van der Waals surface area (Å²) < 4.78 is 0. The van der Waals surface area contributed by atoms with Gasteiger partial charge in [-0.3, -0.25) is 0 Å². The Morgan fingerprint density at radius 2 is 2.13 bits per heavy atom. The summed E-state index contributed by atoms with van der Waals surface area (Å²) in [6.07, 6.45) is -0.760. The second kappa shape index (κ2) is 5.46. The minimum Gasteiger partial charge on any atom is -0.390 e. The fourth-order valence-corrected chi connectivity index (χ4v) is 1.42. The third-order valence-corrected chi connectivity index (χ3v) is 2.25. The van der Waals surface area contributed by atoms with Crippen molar-refractivity contribution in [1.29, 1.82) is 0 Å².